The van der Waals surface area contributed by atoms with Gasteiger partial charge in [0.2, 0.25) is 0 Å². The minimum absolute atomic E-state index is 0.196. The van der Waals surface area contributed by atoms with Gasteiger partial charge in [0.25, 0.3) is 10.0 Å². The molecule has 0 aliphatic carbocycles. The molecule has 1 N–H and O–H groups in total. The zero-order valence-corrected chi connectivity index (χ0v) is 13.6. The molecule has 8 heteroatoms. The summed E-state index contributed by atoms with van der Waals surface area (Å²) in [6.45, 7) is 0. The van der Waals surface area contributed by atoms with E-state index < -0.39 is 20.7 Å². The van der Waals surface area contributed by atoms with E-state index in [-0.39, 0.29) is 10.7 Å². The summed E-state index contributed by atoms with van der Waals surface area (Å²) in [5, 5.41) is 0.493. The molecular weight excluding hydrogens is 392 g/mol. The van der Waals surface area contributed by atoms with E-state index >= 15 is 0 Å². The topological polar surface area (TPSA) is 46.2 Å². The monoisotopic (exact) mass is 397 g/mol. The Balaban J connectivity index is 2.38. The number of halogens is 4. The van der Waals surface area contributed by atoms with Gasteiger partial charge >= 0.3 is 0 Å². The van der Waals surface area contributed by atoms with Crippen molar-refractivity contribution < 1.29 is 12.8 Å². The maximum Gasteiger partial charge on any atom is 0.264 e. The number of benzene rings is 2. The first-order valence-corrected chi connectivity index (χ1v) is 8.26. The van der Waals surface area contributed by atoms with Crippen LogP contribution >= 0.6 is 39.1 Å². The lowest BCUT2D eigenvalue weighted by Crippen LogP contribution is -2.14. The van der Waals surface area contributed by atoms with Gasteiger partial charge in [-0.25, -0.2) is 12.8 Å². The van der Waals surface area contributed by atoms with Crippen molar-refractivity contribution in [3.63, 3.8) is 0 Å². The Morgan fingerprint density at radius 3 is 2.35 bits per heavy atom. The fourth-order valence-electron chi connectivity index (χ4n) is 1.46. The third-order valence-corrected chi connectivity index (χ3v) is 5.00. The molecule has 3 nitrogen and oxygen atoms in total. The van der Waals surface area contributed by atoms with Crippen LogP contribution in [0.15, 0.2) is 45.8 Å². The lowest BCUT2D eigenvalue weighted by Gasteiger charge is -2.09. The summed E-state index contributed by atoms with van der Waals surface area (Å²) >= 11 is 14.6. The van der Waals surface area contributed by atoms with E-state index in [2.05, 4.69) is 20.7 Å². The molecule has 0 heterocycles. The Hall–Kier alpha value is -0.820. The van der Waals surface area contributed by atoms with Crippen molar-refractivity contribution in [3.8, 4) is 0 Å². The van der Waals surface area contributed by atoms with Gasteiger partial charge in [-0.15, -0.1) is 0 Å². The van der Waals surface area contributed by atoms with Gasteiger partial charge < -0.3 is 0 Å². The summed E-state index contributed by atoms with van der Waals surface area (Å²) in [5.41, 5.74) is 0.196. The number of nitrogens with one attached hydrogen (secondary N) is 1. The van der Waals surface area contributed by atoms with Crippen molar-refractivity contribution in [1.82, 2.24) is 0 Å². The van der Waals surface area contributed by atoms with Crippen LogP contribution < -0.4 is 4.72 Å². The highest BCUT2D eigenvalue weighted by Gasteiger charge is 2.19. The van der Waals surface area contributed by atoms with Crippen molar-refractivity contribution in [1.29, 1.82) is 0 Å². The van der Waals surface area contributed by atoms with Crippen LogP contribution in [-0.4, -0.2) is 8.42 Å². The van der Waals surface area contributed by atoms with Crippen LogP contribution in [0, 0.1) is 5.82 Å². The van der Waals surface area contributed by atoms with E-state index in [1.165, 1.54) is 30.3 Å². The van der Waals surface area contributed by atoms with Gasteiger partial charge in [0.15, 0.2) is 0 Å². The summed E-state index contributed by atoms with van der Waals surface area (Å²) in [6.07, 6.45) is 0. The third-order valence-electron chi connectivity index (χ3n) is 2.36. The number of rotatable bonds is 3. The van der Waals surface area contributed by atoms with Gasteiger partial charge in [0, 0.05) is 4.47 Å². The molecular formula is C12H7BrCl2FNO2S. The van der Waals surface area contributed by atoms with E-state index in [0.717, 1.165) is 6.07 Å². The fourth-order valence-corrected chi connectivity index (χ4v) is 3.20. The predicted octanol–water partition coefficient (Wildman–Crippen LogP) is 4.70. The van der Waals surface area contributed by atoms with Crippen LogP contribution in [0.3, 0.4) is 0 Å². The van der Waals surface area contributed by atoms with Crippen LogP contribution in [-0.2, 0) is 10.0 Å². The van der Waals surface area contributed by atoms with Crippen molar-refractivity contribution in [2.24, 2.45) is 0 Å². The minimum Gasteiger partial charge on any atom is -0.279 e. The molecule has 0 amide bonds. The molecule has 0 radical (unpaired) electrons. The van der Waals surface area contributed by atoms with Crippen LogP contribution in [0.5, 0.6) is 0 Å². The lowest BCUT2D eigenvalue weighted by atomic mass is 10.3. The molecule has 0 unspecified atom stereocenters. The van der Waals surface area contributed by atoms with Crippen molar-refractivity contribution >= 4 is 54.8 Å². The van der Waals surface area contributed by atoms with Crippen molar-refractivity contribution in [3.05, 3.63) is 56.7 Å². The summed E-state index contributed by atoms with van der Waals surface area (Å²) in [4.78, 5) is -0.452. The van der Waals surface area contributed by atoms with Crippen LogP contribution in [0.2, 0.25) is 10.0 Å². The van der Waals surface area contributed by atoms with Gasteiger partial charge in [-0.1, -0.05) is 39.1 Å². The number of anilines is 1. The summed E-state index contributed by atoms with van der Waals surface area (Å²) in [5.74, 6) is -0.855. The maximum atomic E-state index is 13.7. The highest BCUT2D eigenvalue weighted by atomic mass is 79.9. The maximum absolute atomic E-state index is 13.7. The molecule has 20 heavy (non-hydrogen) atoms. The Morgan fingerprint density at radius 2 is 1.75 bits per heavy atom. The van der Waals surface area contributed by atoms with Gasteiger partial charge in [-0.3, -0.25) is 4.72 Å². The summed E-state index contributed by atoms with van der Waals surface area (Å²) in [7, 11) is -4.04. The van der Waals surface area contributed by atoms with Crippen LogP contribution in [0.25, 0.3) is 0 Å². The average molecular weight is 399 g/mol. The quantitative estimate of drug-likeness (QED) is 0.814. The molecule has 0 saturated heterocycles. The molecule has 2 aromatic rings. The molecule has 0 fully saturated rings. The predicted molar refractivity (Wildman–Crippen MR) is 81.4 cm³/mol. The van der Waals surface area contributed by atoms with Crippen LogP contribution in [0.4, 0.5) is 10.1 Å². The largest absolute Gasteiger partial charge is 0.279 e. The molecule has 0 aliphatic heterocycles. The zero-order chi connectivity index (χ0) is 14.9. The minimum atomic E-state index is -4.04. The zero-order valence-electron chi connectivity index (χ0n) is 9.70. The second-order valence-electron chi connectivity index (χ2n) is 3.81. The van der Waals surface area contributed by atoms with Gasteiger partial charge in [0.1, 0.15) is 10.7 Å². The molecule has 2 aromatic carbocycles. The van der Waals surface area contributed by atoms with Crippen molar-refractivity contribution in [2.45, 2.75) is 4.90 Å². The second kappa shape index (κ2) is 5.89. The first-order chi connectivity index (χ1) is 9.29. The molecule has 0 atom stereocenters. The average Bonchev–Trinajstić information content (AvgIpc) is 2.33. The Bertz CT molecular complexity index is 768. The first-order valence-electron chi connectivity index (χ1n) is 5.22. The SMILES string of the molecule is O=S(=O)(Nc1ccc(Cl)c(Cl)c1)c1ccc(Br)cc1F. The molecule has 0 saturated carbocycles. The molecule has 0 aromatic heterocycles. The second-order valence-corrected chi connectivity index (χ2v) is 7.19. The number of hydrogen-bond acceptors (Lipinski definition) is 2. The number of hydrogen-bond donors (Lipinski definition) is 1. The summed E-state index contributed by atoms with van der Waals surface area (Å²) in [6, 6.07) is 7.90. The number of sulfonamides is 1. The highest BCUT2D eigenvalue weighted by Crippen LogP contribution is 2.27. The van der Waals surface area contributed by atoms with Gasteiger partial charge in [-0.05, 0) is 36.4 Å². The fraction of sp³-hybridized carbons (Fsp3) is 0. The molecule has 106 valence electrons. The van der Waals surface area contributed by atoms with E-state index in [1.807, 2.05) is 0 Å². The van der Waals surface area contributed by atoms with E-state index in [0.29, 0.717) is 9.50 Å². The molecule has 0 aliphatic rings. The Labute approximate surface area is 133 Å². The lowest BCUT2D eigenvalue weighted by molar-refractivity contribution is 0.570. The third kappa shape index (κ3) is 3.44. The van der Waals surface area contributed by atoms with Gasteiger partial charge in [-0.2, -0.15) is 0 Å². The molecule has 0 spiro atoms. The normalized spacial score (nSPS) is 11.4. The standard InChI is InChI=1S/C12H7BrCl2FNO2S/c13-7-1-4-12(11(16)5-7)20(18,19)17-8-2-3-9(14)10(15)6-8/h1-6,17H. The van der Waals surface area contributed by atoms with E-state index in [1.54, 1.807) is 0 Å². The molecule has 0 bridgehead atoms. The summed E-state index contributed by atoms with van der Waals surface area (Å²) < 4.78 is 40.6. The van der Waals surface area contributed by atoms with Crippen LogP contribution in [0.1, 0.15) is 0 Å². The highest BCUT2D eigenvalue weighted by molar-refractivity contribution is 9.10. The molecule has 2 rings (SSSR count). The first kappa shape index (κ1) is 15.6. The van der Waals surface area contributed by atoms with E-state index in [4.69, 9.17) is 23.2 Å². The van der Waals surface area contributed by atoms with Gasteiger partial charge in [0.05, 0.1) is 15.7 Å². The Kier molecular flexibility index (Phi) is 4.59. The Morgan fingerprint density at radius 1 is 1.05 bits per heavy atom. The van der Waals surface area contributed by atoms with E-state index in [9.17, 15) is 12.8 Å². The smallest absolute Gasteiger partial charge is 0.264 e. The van der Waals surface area contributed by atoms with Crippen molar-refractivity contribution in [2.75, 3.05) is 4.72 Å².